The van der Waals surface area contributed by atoms with Gasteiger partial charge in [0.1, 0.15) is 11.6 Å². The van der Waals surface area contributed by atoms with Crippen molar-refractivity contribution in [3.8, 4) is 23.0 Å². The molecule has 2 aromatic carbocycles. The molecule has 0 bridgehead atoms. The second-order valence-corrected chi connectivity index (χ2v) is 6.81. The van der Waals surface area contributed by atoms with Crippen molar-refractivity contribution < 1.29 is 28.5 Å². The molecule has 2 unspecified atom stereocenters. The molecule has 0 aromatic heterocycles. The van der Waals surface area contributed by atoms with Crippen molar-refractivity contribution in [1.82, 2.24) is 10.6 Å². The van der Waals surface area contributed by atoms with Crippen LogP contribution in [0.5, 0.6) is 23.0 Å². The lowest BCUT2D eigenvalue weighted by Gasteiger charge is -2.33. The number of benzene rings is 2. The van der Waals surface area contributed by atoms with E-state index in [9.17, 15) is 14.3 Å². The van der Waals surface area contributed by atoms with Gasteiger partial charge in [0.15, 0.2) is 11.5 Å². The maximum absolute atomic E-state index is 14.5. The van der Waals surface area contributed by atoms with E-state index in [0.717, 1.165) is 5.56 Å². The number of hydrogen-bond donors (Lipinski definition) is 3. The summed E-state index contributed by atoms with van der Waals surface area (Å²) in [6.45, 7) is 0.412. The van der Waals surface area contributed by atoms with Crippen LogP contribution in [0.2, 0.25) is 0 Å². The zero-order chi connectivity index (χ0) is 21.0. The second kappa shape index (κ2) is 9.00. The fraction of sp³-hybridized carbons (Fsp3) is 0.381. The highest BCUT2D eigenvalue weighted by Crippen LogP contribution is 2.37. The first-order chi connectivity index (χ1) is 14.0. The van der Waals surface area contributed by atoms with Gasteiger partial charge in [0, 0.05) is 24.6 Å². The van der Waals surface area contributed by atoms with Crippen molar-refractivity contribution in [3.05, 3.63) is 47.3 Å². The van der Waals surface area contributed by atoms with E-state index >= 15 is 0 Å². The molecular weight excluding hydrogens is 379 g/mol. The van der Waals surface area contributed by atoms with Crippen LogP contribution >= 0.6 is 0 Å². The van der Waals surface area contributed by atoms with Crippen LogP contribution in [0.1, 0.15) is 30.0 Å². The Kier molecular flexibility index (Phi) is 6.43. The highest BCUT2D eigenvalue weighted by Gasteiger charge is 2.31. The number of aromatic hydroxyl groups is 1. The molecule has 1 amide bonds. The fourth-order valence-electron chi connectivity index (χ4n) is 3.50. The fourth-order valence-corrected chi connectivity index (χ4v) is 3.50. The van der Waals surface area contributed by atoms with Crippen LogP contribution in [0.4, 0.5) is 4.39 Å². The zero-order valence-electron chi connectivity index (χ0n) is 16.6. The highest BCUT2D eigenvalue weighted by atomic mass is 19.1. The zero-order valence-corrected chi connectivity index (χ0v) is 16.6. The number of ether oxygens (including phenoxy) is 3. The van der Waals surface area contributed by atoms with Crippen molar-refractivity contribution in [2.75, 3.05) is 21.3 Å². The maximum atomic E-state index is 14.5. The number of hydrogen-bond acceptors (Lipinski definition) is 6. The van der Waals surface area contributed by atoms with Crippen molar-refractivity contribution >= 4 is 5.91 Å². The Bertz CT molecular complexity index is 864. The quantitative estimate of drug-likeness (QED) is 0.658. The Morgan fingerprint density at radius 1 is 1.14 bits per heavy atom. The molecule has 1 fully saturated rings. The molecule has 0 saturated carbocycles. The van der Waals surface area contributed by atoms with E-state index in [0.29, 0.717) is 42.2 Å². The van der Waals surface area contributed by atoms with Gasteiger partial charge in [-0.2, -0.15) is 0 Å². The largest absolute Gasteiger partial charge is 0.502 e. The Labute approximate surface area is 168 Å². The molecule has 29 heavy (non-hydrogen) atoms. The number of carbonyl (C=O) groups is 1. The van der Waals surface area contributed by atoms with Gasteiger partial charge >= 0.3 is 0 Å². The van der Waals surface area contributed by atoms with Crippen LogP contribution in [-0.4, -0.2) is 38.4 Å². The van der Waals surface area contributed by atoms with Gasteiger partial charge in [0.25, 0.3) is 0 Å². The van der Waals surface area contributed by atoms with Crippen LogP contribution in [-0.2, 0) is 11.3 Å². The average molecular weight is 404 g/mol. The average Bonchev–Trinajstić information content (AvgIpc) is 2.74. The molecule has 2 aromatic rings. The Hall–Kier alpha value is -3.00. The van der Waals surface area contributed by atoms with Crippen molar-refractivity contribution in [3.63, 3.8) is 0 Å². The first-order valence-corrected chi connectivity index (χ1v) is 9.26. The van der Waals surface area contributed by atoms with Gasteiger partial charge < -0.3 is 30.0 Å². The lowest BCUT2D eigenvalue weighted by Crippen LogP contribution is -2.48. The van der Waals surface area contributed by atoms with Gasteiger partial charge in [-0.05, 0) is 42.3 Å². The molecule has 2 atom stereocenters. The van der Waals surface area contributed by atoms with Crippen LogP contribution < -0.4 is 24.8 Å². The minimum Gasteiger partial charge on any atom is -0.502 e. The lowest BCUT2D eigenvalue weighted by atomic mass is 9.91. The summed E-state index contributed by atoms with van der Waals surface area (Å²) >= 11 is 0. The number of phenols is 1. The third-order valence-electron chi connectivity index (χ3n) is 5.05. The molecular formula is C21H25FN2O5. The van der Waals surface area contributed by atoms with Gasteiger partial charge in [-0.25, -0.2) is 4.39 Å². The summed E-state index contributed by atoms with van der Waals surface area (Å²) in [5.74, 6) is 0.524. The number of piperidine rings is 1. The number of nitrogens with one attached hydrogen (secondary N) is 2. The Balaban J connectivity index is 1.83. The Morgan fingerprint density at radius 2 is 1.83 bits per heavy atom. The molecule has 7 nitrogen and oxygen atoms in total. The molecule has 0 radical (unpaired) electrons. The van der Waals surface area contributed by atoms with E-state index in [1.807, 2.05) is 0 Å². The van der Waals surface area contributed by atoms with Gasteiger partial charge in [-0.1, -0.05) is 0 Å². The van der Waals surface area contributed by atoms with Gasteiger partial charge in [0.05, 0.1) is 27.4 Å². The Morgan fingerprint density at radius 3 is 2.45 bits per heavy atom. The number of carbonyl (C=O) groups excluding carboxylic acids is 1. The molecule has 3 rings (SSSR count). The summed E-state index contributed by atoms with van der Waals surface area (Å²) < 4.78 is 30.1. The van der Waals surface area contributed by atoms with E-state index in [1.165, 1.54) is 27.4 Å². The molecule has 8 heteroatoms. The minimum absolute atomic E-state index is 0.0694. The summed E-state index contributed by atoms with van der Waals surface area (Å²) in [5, 5.41) is 16.3. The van der Waals surface area contributed by atoms with Crippen molar-refractivity contribution in [2.45, 2.75) is 31.5 Å². The molecule has 1 saturated heterocycles. The smallest absolute Gasteiger partial charge is 0.220 e. The summed E-state index contributed by atoms with van der Waals surface area (Å²) in [7, 11) is 4.44. The molecule has 1 aliphatic heterocycles. The van der Waals surface area contributed by atoms with Gasteiger partial charge in [-0.3, -0.25) is 4.79 Å². The van der Waals surface area contributed by atoms with Crippen LogP contribution in [0.3, 0.4) is 0 Å². The SMILES string of the molecule is COc1ccc(F)c(C2NC(=O)CCC2NCc2cc(OC)c(O)c(OC)c2)c1. The molecule has 3 N–H and O–H groups in total. The van der Waals surface area contributed by atoms with E-state index in [2.05, 4.69) is 10.6 Å². The topological polar surface area (TPSA) is 89.1 Å². The van der Waals surface area contributed by atoms with E-state index in [1.54, 1.807) is 24.3 Å². The van der Waals surface area contributed by atoms with Crippen LogP contribution in [0.25, 0.3) is 0 Å². The van der Waals surface area contributed by atoms with Crippen molar-refractivity contribution in [1.29, 1.82) is 0 Å². The molecule has 0 spiro atoms. The van der Waals surface area contributed by atoms with Crippen molar-refractivity contribution in [2.24, 2.45) is 0 Å². The van der Waals surface area contributed by atoms with Gasteiger partial charge in [0.2, 0.25) is 11.7 Å². The number of halogens is 1. The molecule has 1 aliphatic rings. The van der Waals surface area contributed by atoms with Crippen LogP contribution in [0.15, 0.2) is 30.3 Å². The predicted molar refractivity (Wildman–Crippen MR) is 105 cm³/mol. The number of rotatable bonds is 7. The number of phenolic OH excluding ortho intramolecular Hbond substituents is 1. The highest BCUT2D eigenvalue weighted by molar-refractivity contribution is 5.77. The third kappa shape index (κ3) is 4.54. The first-order valence-electron chi connectivity index (χ1n) is 9.26. The first kappa shape index (κ1) is 20.7. The third-order valence-corrected chi connectivity index (χ3v) is 5.05. The number of amides is 1. The lowest BCUT2D eigenvalue weighted by molar-refractivity contribution is -0.123. The number of methoxy groups -OCH3 is 3. The van der Waals surface area contributed by atoms with E-state index in [-0.39, 0.29) is 17.7 Å². The minimum atomic E-state index is -0.535. The normalized spacial score (nSPS) is 18.8. The summed E-state index contributed by atoms with van der Waals surface area (Å²) in [4.78, 5) is 12.0. The predicted octanol–water partition coefficient (Wildman–Crippen LogP) is 2.67. The van der Waals surface area contributed by atoms with E-state index < -0.39 is 11.9 Å². The monoisotopic (exact) mass is 404 g/mol. The van der Waals surface area contributed by atoms with E-state index in [4.69, 9.17) is 14.2 Å². The summed E-state index contributed by atoms with van der Waals surface area (Å²) in [5.41, 5.74) is 1.19. The second-order valence-electron chi connectivity index (χ2n) is 6.81. The van der Waals surface area contributed by atoms with Gasteiger partial charge in [-0.15, -0.1) is 0 Å². The molecule has 1 heterocycles. The molecule has 0 aliphatic carbocycles. The molecule has 156 valence electrons. The standard InChI is InChI=1S/C21H25FN2O5/c1-27-13-4-5-15(22)14(10-13)20-16(6-7-19(25)24-20)23-11-12-8-17(28-2)21(26)18(9-12)29-3/h4-5,8-10,16,20,23,26H,6-7,11H2,1-3H3,(H,24,25). The van der Waals surface area contributed by atoms with Crippen LogP contribution in [0, 0.1) is 5.82 Å². The summed E-state index contributed by atoms with van der Waals surface area (Å²) in [6, 6.07) is 7.16. The summed E-state index contributed by atoms with van der Waals surface area (Å²) in [6.07, 6.45) is 0.904. The maximum Gasteiger partial charge on any atom is 0.220 e.